The van der Waals surface area contributed by atoms with Gasteiger partial charge < -0.3 is 19.6 Å². The third-order valence-corrected chi connectivity index (χ3v) is 6.75. The Morgan fingerprint density at radius 2 is 1.53 bits per heavy atom. The van der Waals surface area contributed by atoms with E-state index in [-0.39, 0.29) is 5.91 Å². The van der Waals surface area contributed by atoms with E-state index in [0.717, 1.165) is 55.0 Å². The Hall–Kier alpha value is -3.46. The molecule has 5 rings (SSSR count). The molecule has 1 amide bonds. The molecule has 0 aliphatic carbocycles. The number of anilines is 2. The number of para-hydroxylation sites is 1. The number of aromatic nitrogens is 4. The smallest absolute Gasteiger partial charge is 0.257 e. The number of nitrogens with zero attached hydrogens (tertiary/aromatic N) is 8. The highest BCUT2D eigenvalue weighted by molar-refractivity contribution is 5.95. The highest BCUT2D eigenvalue weighted by Gasteiger charge is 2.27. The molecule has 2 aliphatic heterocycles. The van der Waals surface area contributed by atoms with E-state index in [1.54, 1.807) is 6.20 Å². The Balaban J connectivity index is 1.26. The van der Waals surface area contributed by atoms with Crippen molar-refractivity contribution in [3.05, 3.63) is 59.5 Å². The Morgan fingerprint density at radius 3 is 2.24 bits per heavy atom. The van der Waals surface area contributed by atoms with Crippen LogP contribution in [-0.2, 0) is 0 Å². The van der Waals surface area contributed by atoms with E-state index >= 15 is 0 Å². The van der Waals surface area contributed by atoms with E-state index in [1.165, 1.54) is 0 Å². The standard InChI is InChI=1S/C25H32N8O/c1-19-17-23(30-11-9-29(3)10-12-30)28-25(27-19)32-15-13-31(14-16-32)24(34)22-18-26-33(20(22)2)21-7-5-4-6-8-21/h4-8,17-18H,9-16H2,1-3H3. The fourth-order valence-electron chi connectivity index (χ4n) is 4.60. The average molecular weight is 461 g/mol. The summed E-state index contributed by atoms with van der Waals surface area (Å²) < 4.78 is 1.82. The van der Waals surface area contributed by atoms with Crippen molar-refractivity contribution in [2.45, 2.75) is 13.8 Å². The maximum atomic E-state index is 13.3. The van der Waals surface area contributed by atoms with Crippen LogP contribution < -0.4 is 9.80 Å². The number of aryl methyl sites for hydroxylation is 1. The lowest BCUT2D eigenvalue weighted by atomic mass is 10.2. The lowest BCUT2D eigenvalue weighted by molar-refractivity contribution is 0.0745. The summed E-state index contributed by atoms with van der Waals surface area (Å²) in [4.78, 5) is 31.6. The second-order valence-electron chi connectivity index (χ2n) is 9.13. The van der Waals surface area contributed by atoms with Crippen molar-refractivity contribution in [2.75, 3.05) is 69.2 Å². The molecular weight excluding hydrogens is 428 g/mol. The van der Waals surface area contributed by atoms with Gasteiger partial charge in [-0.3, -0.25) is 4.79 Å². The van der Waals surface area contributed by atoms with Crippen LogP contribution in [0.4, 0.5) is 11.8 Å². The number of carbonyl (C=O) groups excluding carboxylic acids is 1. The first kappa shape index (κ1) is 22.3. The highest BCUT2D eigenvalue weighted by Crippen LogP contribution is 2.21. The number of benzene rings is 1. The molecule has 0 radical (unpaired) electrons. The molecule has 9 heteroatoms. The SMILES string of the molecule is Cc1cc(N2CCN(C)CC2)nc(N2CCN(C(=O)c3cnn(-c4ccccc4)c3C)CC2)n1. The number of rotatable bonds is 4. The predicted molar refractivity (Wildman–Crippen MR) is 133 cm³/mol. The third-order valence-electron chi connectivity index (χ3n) is 6.75. The maximum Gasteiger partial charge on any atom is 0.257 e. The molecule has 0 unspecified atom stereocenters. The number of piperazine rings is 2. The minimum atomic E-state index is 0.0302. The van der Waals surface area contributed by atoms with Gasteiger partial charge >= 0.3 is 0 Å². The zero-order valence-electron chi connectivity index (χ0n) is 20.2. The molecule has 0 bridgehead atoms. The van der Waals surface area contributed by atoms with Crippen molar-refractivity contribution in [1.82, 2.24) is 29.5 Å². The van der Waals surface area contributed by atoms with Crippen LogP contribution in [-0.4, -0.2) is 94.9 Å². The lowest BCUT2D eigenvalue weighted by Crippen LogP contribution is -2.49. The molecule has 34 heavy (non-hydrogen) atoms. The summed E-state index contributed by atoms with van der Waals surface area (Å²) in [7, 11) is 2.16. The van der Waals surface area contributed by atoms with E-state index < -0.39 is 0 Å². The summed E-state index contributed by atoms with van der Waals surface area (Å²) >= 11 is 0. The summed E-state index contributed by atoms with van der Waals surface area (Å²) in [5.41, 5.74) is 3.44. The van der Waals surface area contributed by atoms with E-state index in [2.05, 4.69) is 32.9 Å². The van der Waals surface area contributed by atoms with Gasteiger partial charge in [0.05, 0.1) is 23.1 Å². The van der Waals surface area contributed by atoms with Crippen LogP contribution in [0.15, 0.2) is 42.6 Å². The van der Waals surface area contributed by atoms with Gasteiger partial charge in [0.2, 0.25) is 5.95 Å². The first-order valence-electron chi connectivity index (χ1n) is 11.9. The van der Waals surface area contributed by atoms with Gasteiger partial charge in [-0.25, -0.2) is 9.67 Å². The Morgan fingerprint density at radius 1 is 0.853 bits per heavy atom. The van der Waals surface area contributed by atoms with Crippen molar-refractivity contribution in [1.29, 1.82) is 0 Å². The summed E-state index contributed by atoms with van der Waals surface area (Å²) in [6.07, 6.45) is 1.68. The van der Waals surface area contributed by atoms with Gasteiger partial charge in [0.25, 0.3) is 5.91 Å². The number of hydrogen-bond donors (Lipinski definition) is 0. The van der Waals surface area contributed by atoms with E-state index in [0.29, 0.717) is 31.7 Å². The van der Waals surface area contributed by atoms with Crippen LogP contribution in [0.3, 0.4) is 0 Å². The molecule has 2 aromatic heterocycles. The molecule has 178 valence electrons. The normalized spacial score (nSPS) is 17.3. The largest absolute Gasteiger partial charge is 0.354 e. The molecule has 9 nitrogen and oxygen atoms in total. The van der Waals surface area contributed by atoms with Gasteiger partial charge in [-0.05, 0) is 33.0 Å². The maximum absolute atomic E-state index is 13.3. The number of likely N-dealkylation sites (N-methyl/N-ethyl adjacent to an activating group) is 1. The summed E-state index contributed by atoms with van der Waals surface area (Å²) in [5.74, 6) is 1.79. The average Bonchev–Trinajstić information content (AvgIpc) is 3.25. The Bertz CT molecular complexity index is 1140. The van der Waals surface area contributed by atoms with Gasteiger partial charge in [0.15, 0.2) is 0 Å². The van der Waals surface area contributed by atoms with E-state index in [4.69, 9.17) is 9.97 Å². The third kappa shape index (κ3) is 4.48. The highest BCUT2D eigenvalue weighted by atomic mass is 16.2. The zero-order chi connectivity index (χ0) is 23.7. The topological polar surface area (TPSA) is 73.6 Å². The molecule has 0 atom stereocenters. The van der Waals surface area contributed by atoms with Crippen molar-refractivity contribution in [2.24, 2.45) is 0 Å². The van der Waals surface area contributed by atoms with Crippen LogP contribution in [0.2, 0.25) is 0 Å². The molecule has 0 spiro atoms. The van der Waals surface area contributed by atoms with Gasteiger partial charge in [-0.1, -0.05) is 18.2 Å². The number of carbonyl (C=O) groups is 1. The van der Waals surface area contributed by atoms with E-state index in [1.807, 2.05) is 53.8 Å². The minimum absolute atomic E-state index is 0.0302. The van der Waals surface area contributed by atoms with Gasteiger partial charge in [0.1, 0.15) is 5.82 Å². The molecule has 0 N–H and O–H groups in total. The van der Waals surface area contributed by atoms with Gasteiger partial charge in [0, 0.05) is 64.1 Å². The molecule has 4 heterocycles. The van der Waals surface area contributed by atoms with Crippen LogP contribution in [0.5, 0.6) is 0 Å². The van der Waals surface area contributed by atoms with Gasteiger partial charge in [-0.2, -0.15) is 10.1 Å². The second kappa shape index (κ2) is 9.42. The number of hydrogen-bond acceptors (Lipinski definition) is 7. The quantitative estimate of drug-likeness (QED) is 0.590. The first-order valence-corrected chi connectivity index (χ1v) is 11.9. The van der Waals surface area contributed by atoms with Crippen LogP contribution >= 0.6 is 0 Å². The summed E-state index contributed by atoms with van der Waals surface area (Å²) in [6, 6.07) is 12.0. The Kier molecular flexibility index (Phi) is 6.19. The molecule has 1 aromatic carbocycles. The van der Waals surface area contributed by atoms with Crippen LogP contribution in [0.25, 0.3) is 5.69 Å². The van der Waals surface area contributed by atoms with Crippen molar-refractivity contribution < 1.29 is 4.79 Å². The zero-order valence-corrected chi connectivity index (χ0v) is 20.2. The Labute approximate surface area is 200 Å². The summed E-state index contributed by atoms with van der Waals surface area (Å²) in [6.45, 7) is 10.7. The van der Waals surface area contributed by atoms with Crippen molar-refractivity contribution in [3.8, 4) is 5.69 Å². The van der Waals surface area contributed by atoms with Crippen LogP contribution in [0, 0.1) is 13.8 Å². The molecular formula is C25H32N8O. The van der Waals surface area contributed by atoms with Crippen molar-refractivity contribution in [3.63, 3.8) is 0 Å². The fraction of sp³-hybridized carbons (Fsp3) is 0.440. The monoisotopic (exact) mass is 460 g/mol. The number of amides is 1. The van der Waals surface area contributed by atoms with Crippen molar-refractivity contribution >= 4 is 17.7 Å². The fourth-order valence-corrected chi connectivity index (χ4v) is 4.60. The molecule has 2 aliphatic rings. The molecule has 2 fully saturated rings. The van der Waals surface area contributed by atoms with Crippen LogP contribution in [0.1, 0.15) is 21.7 Å². The molecule has 3 aromatic rings. The minimum Gasteiger partial charge on any atom is -0.354 e. The predicted octanol–water partition coefficient (Wildman–Crippen LogP) is 1.99. The first-order chi connectivity index (χ1) is 16.5. The second-order valence-corrected chi connectivity index (χ2v) is 9.13. The lowest BCUT2D eigenvalue weighted by Gasteiger charge is -2.36. The van der Waals surface area contributed by atoms with Gasteiger partial charge in [-0.15, -0.1) is 0 Å². The molecule has 2 saturated heterocycles. The molecule has 0 saturated carbocycles. The summed E-state index contributed by atoms with van der Waals surface area (Å²) in [5, 5.41) is 4.46. The van der Waals surface area contributed by atoms with E-state index in [9.17, 15) is 4.79 Å².